The monoisotopic (exact) mass is 196 g/mol. The molecule has 0 aliphatic heterocycles. The van der Waals surface area contributed by atoms with E-state index in [1.165, 1.54) is 7.11 Å². The second-order valence-electron chi connectivity index (χ2n) is 3.24. The zero-order valence-corrected chi connectivity index (χ0v) is 8.59. The Morgan fingerprint density at radius 3 is 2.93 bits per heavy atom. The second kappa shape index (κ2) is 4.81. The van der Waals surface area contributed by atoms with Crippen LogP contribution in [0.15, 0.2) is 6.07 Å². The van der Waals surface area contributed by atoms with Gasteiger partial charge < -0.3 is 15.5 Å². The number of ether oxygens (including phenoxy) is 1. The average molecular weight is 196 g/mol. The molecule has 0 radical (unpaired) electrons. The maximum Gasteiger partial charge on any atom is 0.354 e. The van der Waals surface area contributed by atoms with E-state index in [-0.39, 0.29) is 5.97 Å². The van der Waals surface area contributed by atoms with E-state index in [9.17, 15) is 4.79 Å². The van der Waals surface area contributed by atoms with E-state index in [1.54, 1.807) is 0 Å². The Morgan fingerprint density at radius 2 is 2.36 bits per heavy atom. The minimum atomic E-state index is -0.318. The molecule has 1 rings (SSSR count). The summed E-state index contributed by atoms with van der Waals surface area (Å²) >= 11 is 0. The van der Waals surface area contributed by atoms with Crippen molar-refractivity contribution in [2.45, 2.75) is 19.8 Å². The third-order valence-electron chi connectivity index (χ3n) is 2.11. The molecule has 3 N–H and O–H groups in total. The van der Waals surface area contributed by atoms with Crippen molar-refractivity contribution in [2.75, 3.05) is 13.7 Å². The van der Waals surface area contributed by atoms with E-state index >= 15 is 0 Å². The first-order valence-corrected chi connectivity index (χ1v) is 4.66. The van der Waals surface area contributed by atoms with Gasteiger partial charge in [-0.05, 0) is 37.9 Å². The van der Waals surface area contributed by atoms with Gasteiger partial charge in [-0.1, -0.05) is 0 Å². The normalized spacial score (nSPS) is 10.2. The molecule has 4 nitrogen and oxygen atoms in total. The first-order chi connectivity index (χ1) is 6.69. The van der Waals surface area contributed by atoms with Crippen LogP contribution < -0.4 is 5.73 Å². The van der Waals surface area contributed by atoms with Crippen LogP contribution in [-0.2, 0) is 11.2 Å². The van der Waals surface area contributed by atoms with E-state index in [1.807, 2.05) is 13.0 Å². The lowest BCUT2D eigenvalue weighted by molar-refractivity contribution is 0.0594. The van der Waals surface area contributed by atoms with Gasteiger partial charge in [0.1, 0.15) is 5.69 Å². The van der Waals surface area contributed by atoms with Crippen molar-refractivity contribution < 1.29 is 9.53 Å². The van der Waals surface area contributed by atoms with Crippen LogP contribution >= 0.6 is 0 Å². The number of hydrogen-bond acceptors (Lipinski definition) is 3. The van der Waals surface area contributed by atoms with E-state index < -0.39 is 0 Å². The predicted molar refractivity (Wildman–Crippen MR) is 54.2 cm³/mol. The lowest BCUT2D eigenvalue weighted by Gasteiger charge is -1.97. The minimum absolute atomic E-state index is 0.318. The van der Waals surface area contributed by atoms with Gasteiger partial charge in [-0.2, -0.15) is 0 Å². The van der Waals surface area contributed by atoms with E-state index in [4.69, 9.17) is 5.73 Å². The molecule has 4 heteroatoms. The van der Waals surface area contributed by atoms with Gasteiger partial charge in [-0.15, -0.1) is 0 Å². The summed E-state index contributed by atoms with van der Waals surface area (Å²) in [5, 5.41) is 0. The molecule has 0 aliphatic rings. The van der Waals surface area contributed by atoms with Gasteiger partial charge in [0.15, 0.2) is 0 Å². The standard InChI is InChI=1S/C10H16N2O2/c1-7-6-8(4-3-5-11)12-9(7)10(13)14-2/h6,12H,3-5,11H2,1-2H3. The molecule has 0 aliphatic carbocycles. The summed E-state index contributed by atoms with van der Waals surface area (Å²) < 4.78 is 4.64. The van der Waals surface area contributed by atoms with Crippen LogP contribution in [0.5, 0.6) is 0 Å². The maximum atomic E-state index is 11.2. The molecule has 0 saturated heterocycles. The summed E-state index contributed by atoms with van der Waals surface area (Å²) in [5.74, 6) is -0.318. The van der Waals surface area contributed by atoms with Crippen molar-refractivity contribution >= 4 is 5.97 Å². The molecule has 14 heavy (non-hydrogen) atoms. The number of esters is 1. The summed E-state index contributed by atoms with van der Waals surface area (Å²) in [7, 11) is 1.38. The van der Waals surface area contributed by atoms with Gasteiger partial charge in [0.05, 0.1) is 7.11 Å². The predicted octanol–water partition coefficient (Wildman–Crippen LogP) is 1.00. The molecule has 0 saturated carbocycles. The van der Waals surface area contributed by atoms with Crippen molar-refractivity contribution in [1.29, 1.82) is 0 Å². The molecule has 0 spiro atoms. The molecule has 1 aromatic heterocycles. The smallest absolute Gasteiger partial charge is 0.354 e. The Labute approximate surface area is 83.4 Å². The van der Waals surface area contributed by atoms with Gasteiger partial charge >= 0.3 is 5.97 Å². The Hall–Kier alpha value is -1.29. The molecule has 0 unspecified atom stereocenters. The quantitative estimate of drug-likeness (QED) is 0.706. The molecule has 78 valence electrons. The van der Waals surface area contributed by atoms with Crippen molar-refractivity contribution in [2.24, 2.45) is 5.73 Å². The van der Waals surface area contributed by atoms with Crippen molar-refractivity contribution in [3.05, 3.63) is 23.0 Å². The highest BCUT2D eigenvalue weighted by atomic mass is 16.5. The number of H-pyrrole nitrogens is 1. The van der Waals surface area contributed by atoms with E-state index in [2.05, 4.69) is 9.72 Å². The van der Waals surface area contributed by atoms with Crippen LogP contribution in [0.3, 0.4) is 0 Å². The minimum Gasteiger partial charge on any atom is -0.464 e. The van der Waals surface area contributed by atoms with Crippen LogP contribution in [0.4, 0.5) is 0 Å². The number of rotatable bonds is 4. The fourth-order valence-electron chi connectivity index (χ4n) is 1.37. The van der Waals surface area contributed by atoms with Gasteiger partial charge in [0.2, 0.25) is 0 Å². The Bertz CT molecular complexity index is 318. The largest absolute Gasteiger partial charge is 0.464 e. The molecular weight excluding hydrogens is 180 g/mol. The van der Waals surface area contributed by atoms with Gasteiger partial charge in [-0.3, -0.25) is 0 Å². The van der Waals surface area contributed by atoms with E-state index in [0.717, 1.165) is 24.1 Å². The van der Waals surface area contributed by atoms with Gasteiger partial charge in [-0.25, -0.2) is 4.79 Å². The molecule has 1 heterocycles. The molecule has 1 aromatic rings. The number of aromatic nitrogens is 1. The molecule has 0 aromatic carbocycles. The molecule has 0 bridgehead atoms. The Kier molecular flexibility index (Phi) is 3.71. The molecule has 0 amide bonds. The first-order valence-electron chi connectivity index (χ1n) is 4.66. The van der Waals surface area contributed by atoms with Crippen LogP contribution in [0.2, 0.25) is 0 Å². The zero-order valence-electron chi connectivity index (χ0n) is 8.59. The third kappa shape index (κ3) is 2.35. The van der Waals surface area contributed by atoms with Gasteiger partial charge in [0, 0.05) is 5.69 Å². The summed E-state index contributed by atoms with van der Waals surface area (Å²) in [6.45, 7) is 2.54. The number of carbonyl (C=O) groups excluding carboxylic acids is 1. The number of aryl methyl sites for hydroxylation is 2. The summed E-state index contributed by atoms with van der Waals surface area (Å²) in [6.07, 6.45) is 1.79. The second-order valence-corrected chi connectivity index (χ2v) is 3.24. The molecule has 0 atom stereocenters. The third-order valence-corrected chi connectivity index (χ3v) is 2.11. The Morgan fingerprint density at radius 1 is 1.64 bits per heavy atom. The maximum absolute atomic E-state index is 11.2. The lowest BCUT2D eigenvalue weighted by atomic mass is 10.2. The summed E-state index contributed by atoms with van der Waals surface area (Å²) in [6, 6.07) is 1.96. The molecular formula is C10H16N2O2. The average Bonchev–Trinajstić information content (AvgIpc) is 2.55. The van der Waals surface area contributed by atoms with Crippen molar-refractivity contribution in [1.82, 2.24) is 4.98 Å². The van der Waals surface area contributed by atoms with Crippen LogP contribution in [0.25, 0.3) is 0 Å². The highest BCUT2D eigenvalue weighted by Gasteiger charge is 2.12. The van der Waals surface area contributed by atoms with Crippen LogP contribution in [0, 0.1) is 6.92 Å². The number of carbonyl (C=O) groups is 1. The van der Waals surface area contributed by atoms with Crippen LogP contribution in [0.1, 0.15) is 28.2 Å². The van der Waals surface area contributed by atoms with Crippen molar-refractivity contribution in [3.63, 3.8) is 0 Å². The SMILES string of the molecule is COC(=O)c1[nH]c(CCCN)cc1C. The number of hydrogen-bond donors (Lipinski definition) is 2. The summed E-state index contributed by atoms with van der Waals surface area (Å²) in [5.41, 5.74) is 7.90. The zero-order chi connectivity index (χ0) is 10.6. The highest BCUT2D eigenvalue weighted by molar-refractivity contribution is 5.89. The number of methoxy groups -OCH3 is 1. The topological polar surface area (TPSA) is 68.1 Å². The molecule has 0 fully saturated rings. The first kappa shape index (κ1) is 10.8. The Balaban J connectivity index is 2.77. The lowest BCUT2D eigenvalue weighted by Crippen LogP contribution is -2.04. The van der Waals surface area contributed by atoms with Crippen LogP contribution in [-0.4, -0.2) is 24.6 Å². The highest BCUT2D eigenvalue weighted by Crippen LogP contribution is 2.12. The van der Waals surface area contributed by atoms with Crippen molar-refractivity contribution in [3.8, 4) is 0 Å². The number of aromatic amines is 1. The number of nitrogens with two attached hydrogens (primary N) is 1. The fraction of sp³-hybridized carbons (Fsp3) is 0.500. The summed E-state index contributed by atoms with van der Waals surface area (Å²) in [4.78, 5) is 14.3. The fourth-order valence-corrected chi connectivity index (χ4v) is 1.37. The van der Waals surface area contributed by atoms with E-state index in [0.29, 0.717) is 12.2 Å². The number of nitrogens with one attached hydrogen (secondary N) is 1. The van der Waals surface area contributed by atoms with Gasteiger partial charge in [0.25, 0.3) is 0 Å².